The molecule has 0 saturated carbocycles. The highest BCUT2D eigenvalue weighted by molar-refractivity contribution is 5.94. The lowest BCUT2D eigenvalue weighted by atomic mass is 10.1. The van der Waals surface area contributed by atoms with E-state index in [1.807, 2.05) is 44.2 Å². The van der Waals surface area contributed by atoms with E-state index in [0.717, 1.165) is 22.3 Å². The molecular weight excluding hydrogens is 330 g/mol. The number of benzene rings is 1. The Kier molecular flexibility index (Phi) is 5.37. The van der Waals surface area contributed by atoms with Gasteiger partial charge in [0.15, 0.2) is 0 Å². The number of ether oxygens (including phenoxy) is 2. The van der Waals surface area contributed by atoms with Gasteiger partial charge < -0.3 is 13.9 Å². The summed E-state index contributed by atoms with van der Waals surface area (Å²) in [6.07, 6.45) is 6.55. The lowest BCUT2D eigenvalue weighted by Crippen LogP contribution is -2.05. The van der Waals surface area contributed by atoms with Gasteiger partial charge in [-0.15, -0.1) is 0 Å². The minimum atomic E-state index is -0.398. The maximum Gasteiger partial charge on any atom is 0.330 e. The SMILES string of the molecule is CCOC(=O)/C=C/c1cc2cncc(-c3cccc(OC(C)C)c3)c2o1. The van der Waals surface area contributed by atoms with Gasteiger partial charge >= 0.3 is 5.97 Å². The highest BCUT2D eigenvalue weighted by Crippen LogP contribution is 2.32. The Morgan fingerprint density at radius 3 is 2.88 bits per heavy atom. The normalized spacial score (nSPS) is 11.4. The van der Waals surface area contributed by atoms with Gasteiger partial charge in [0.05, 0.1) is 12.7 Å². The molecule has 3 rings (SSSR count). The molecule has 2 aromatic heterocycles. The standard InChI is InChI=1S/C21H21NO4/c1-4-24-20(23)9-8-18-11-16-12-22-13-19(21(16)26-18)15-6-5-7-17(10-15)25-14(2)3/h5-14H,4H2,1-3H3/b9-8+. The van der Waals surface area contributed by atoms with Gasteiger partial charge in [-0.25, -0.2) is 4.79 Å². The van der Waals surface area contributed by atoms with E-state index in [1.165, 1.54) is 6.08 Å². The van der Waals surface area contributed by atoms with E-state index < -0.39 is 5.97 Å². The minimum absolute atomic E-state index is 0.0994. The van der Waals surface area contributed by atoms with E-state index in [-0.39, 0.29) is 6.10 Å². The molecule has 0 saturated heterocycles. The first-order chi connectivity index (χ1) is 12.6. The van der Waals surface area contributed by atoms with Crippen LogP contribution in [0.25, 0.3) is 28.2 Å². The third-order valence-electron chi connectivity index (χ3n) is 3.63. The van der Waals surface area contributed by atoms with Crippen LogP contribution in [-0.2, 0) is 9.53 Å². The zero-order valence-electron chi connectivity index (χ0n) is 15.1. The zero-order chi connectivity index (χ0) is 18.5. The summed E-state index contributed by atoms with van der Waals surface area (Å²) in [7, 11) is 0. The lowest BCUT2D eigenvalue weighted by molar-refractivity contribution is -0.137. The van der Waals surface area contributed by atoms with Crippen LogP contribution in [-0.4, -0.2) is 23.7 Å². The number of hydrogen-bond donors (Lipinski definition) is 0. The van der Waals surface area contributed by atoms with Gasteiger partial charge in [-0.2, -0.15) is 0 Å². The summed E-state index contributed by atoms with van der Waals surface area (Å²) in [4.78, 5) is 15.8. The van der Waals surface area contributed by atoms with E-state index in [1.54, 1.807) is 25.4 Å². The number of pyridine rings is 1. The first kappa shape index (κ1) is 17.7. The highest BCUT2D eigenvalue weighted by Gasteiger charge is 2.11. The van der Waals surface area contributed by atoms with Crippen molar-refractivity contribution in [3.63, 3.8) is 0 Å². The summed E-state index contributed by atoms with van der Waals surface area (Å²) in [6, 6.07) is 9.66. The average molecular weight is 351 g/mol. The lowest BCUT2D eigenvalue weighted by Gasteiger charge is -2.11. The van der Waals surface area contributed by atoms with E-state index >= 15 is 0 Å². The van der Waals surface area contributed by atoms with Crippen LogP contribution in [0, 0.1) is 0 Å². The Morgan fingerprint density at radius 2 is 2.12 bits per heavy atom. The molecule has 134 valence electrons. The molecule has 0 fully saturated rings. The van der Waals surface area contributed by atoms with Crippen LogP contribution in [0.3, 0.4) is 0 Å². The molecule has 26 heavy (non-hydrogen) atoms. The van der Waals surface area contributed by atoms with Gasteiger partial charge in [-0.1, -0.05) is 12.1 Å². The summed E-state index contributed by atoms with van der Waals surface area (Å²) < 4.78 is 16.6. The second kappa shape index (κ2) is 7.87. The number of hydrogen-bond acceptors (Lipinski definition) is 5. The van der Waals surface area contributed by atoms with Crippen LogP contribution in [0.1, 0.15) is 26.5 Å². The zero-order valence-corrected chi connectivity index (χ0v) is 15.1. The Hall–Kier alpha value is -3.08. The van der Waals surface area contributed by atoms with Gasteiger partial charge in [-0.3, -0.25) is 4.98 Å². The van der Waals surface area contributed by atoms with Crippen molar-refractivity contribution in [2.24, 2.45) is 0 Å². The second-order valence-electron chi connectivity index (χ2n) is 6.03. The molecule has 5 heteroatoms. The predicted molar refractivity (Wildman–Crippen MR) is 101 cm³/mol. The number of aromatic nitrogens is 1. The maximum atomic E-state index is 11.5. The van der Waals surface area contributed by atoms with E-state index in [2.05, 4.69) is 4.98 Å². The average Bonchev–Trinajstić information content (AvgIpc) is 3.03. The quantitative estimate of drug-likeness (QED) is 0.469. The largest absolute Gasteiger partial charge is 0.491 e. The molecular formula is C21H21NO4. The third-order valence-corrected chi connectivity index (χ3v) is 3.63. The highest BCUT2D eigenvalue weighted by atomic mass is 16.5. The van der Waals surface area contributed by atoms with Crippen molar-refractivity contribution in [1.29, 1.82) is 0 Å². The molecule has 0 N–H and O–H groups in total. The summed E-state index contributed by atoms with van der Waals surface area (Å²) >= 11 is 0. The molecule has 0 atom stereocenters. The number of nitrogens with zero attached hydrogens (tertiary/aromatic N) is 1. The molecule has 0 spiro atoms. The van der Waals surface area contributed by atoms with Crippen LogP contribution >= 0.6 is 0 Å². The minimum Gasteiger partial charge on any atom is -0.491 e. The van der Waals surface area contributed by atoms with Gasteiger partial charge in [0.1, 0.15) is 17.1 Å². The monoisotopic (exact) mass is 351 g/mol. The molecule has 0 bridgehead atoms. The number of carbonyl (C=O) groups is 1. The fraction of sp³-hybridized carbons (Fsp3) is 0.238. The van der Waals surface area contributed by atoms with E-state index in [0.29, 0.717) is 18.0 Å². The number of esters is 1. The molecule has 0 unspecified atom stereocenters. The molecule has 0 aliphatic rings. The third kappa shape index (κ3) is 4.11. The van der Waals surface area contributed by atoms with Crippen LogP contribution < -0.4 is 4.74 Å². The number of furan rings is 1. The number of carbonyl (C=O) groups excluding carboxylic acids is 1. The fourth-order valence-corrected chi connectivity index (χ4v) is 2.62. The van der Waals surface area contributed by atoms with E-state index in [9.17, 15) is 4.79 Å². The maximum absolute atomic E-state index is 11.5. The molecule has 0 amide bonds. The van der Waals surface area contributed by atoms with Crippen molar-refractivity contribution >= 4 is 23.0 Å². The number of rotatable bonds is 6. The molecule has 0 aliphatic heterocycles. The van der Waals surface area contributed by atoms with Gasteiger partial charge in [0.25, 0.3) is 0 Å². The first-order valence-corrected chi connectivity index (χ1v) is 8.56. The van der Waals surface area contributed by atoms with Gasteiger partial charge in [-0.05, 0) is 50.6 Å². The summed E-state index contributed by atoms with van der Waals surface area (Å²) in [5.74, 6) is 0.963. The Bertz CT molecular complexity index is 940. The topological polar surface area (TPSA) is 61.6 Å². The molecule has 2 heterocycles. The van der Waals surface area contributed by atoms with Crippen LogP contribution in [0.5, 0.6) is 5.75 Å². The summed E-state index contributed by atoms with van der Waals surface area (Å²) in [5.41, 5.74) is 2.54. The van der Waals surface area contributed by atoms with Gasteiger partial charge in [0.2, 0.25) is 0 Å². The van der Waals surface area contributed by atoms with Crippen molar-refractivity contribution in [3.05, 3.63) is 54.6 Å². The summed E-state index contributed by atoms with van der Waals surface area (Å²) in [6.45, 7) is 6.08. The number of fused-ring (bicyclic) bond motifs is 1. The Balaban J connectivity index is 1.96. The fourth-order valence-electron chi connectivity index (χ4n) is 2.62. The van der Waals surface area contributed by atoms with Crippen molar-refractivity contribution in [3.8, 4) is 16.9 Å². The second-order valence-corrected chi connectivity index (χ2v) is 6.03. The Morgan fingerprint density at radius 1 is 1.27 bits per heavy atom. The van der Waals surface area contributed by atoms with Crippen LogP contribution in [0.2, 0.25) is 0 Å². The molecule has 3 aromatic rings. The first-order valence-electron chi connectivity index (χ1n) is 8.56. The summed E-state index contributed by atoms with van der Waals surface area (Å²) in [5, 5.41) is 0.862. The van der Waals surface area contributed by atoms with Crippen molar-refractivity contribution in [2.75, 3.05) is 6.61 Å². The smallest absolute Gasteiger partial charge is 0.330 e. The van der Waals surface area contributed by atoms with Crippen molar-refractivity contribution < 1.29 is 18.7 Å². The van der Waals surface area contributed by atoms with Crippen LogP contribution in [0.4, 0.5) is 0 Å². The Labute approximate surface area is 152 Å². The molecule has 0 aliphatic carbocycles. The van der Waals surface area contributed by atoms with Crippen LogP contribution in [0.15, 0.2) is 53.2 Å². The van der Waals surface area contributed by atoms with Gasteiger partial charge in [0, 0.05) is 29.4 Å². The molecule has 1 aromatic carbocycles. The molecule has 5 nitrogen and oxygen atoms in total. The van der Waals surface area contributed by atoms with Crippen molar-refractivity contribution in [2.45, 2.75) is 26.9 Å². The predicted octanol–water partition coefficient (Wildman–Crippen LogP) is 4.86. The molecule has 0 radical (unpaired) electrons. The van der Waals surface area contributed by atoms with Crippen molar-refractivity contribution in [1.82, 2.24) is 4.98 Å². The van der Waals surface area contributed by atoms with E-state index in [4.69, 9.17) is 13.9 Å².